The first-order chi connectivity index (χ1) is 7.72. The number of carbonyl (C=O) groups excluding carboxylic acids is 2. The number of alkyl halides is 3. The van der Waals surface area contributed by atoms with E-state index in [1.54, 1.807) is 13.8 Å². The maximum atomic E-state index is 11.9. The Hall–Kier alpha value is -1.27. The number of halogens is 3. The summed E-state index contributed by atoms with van der Waals surface area (Å²) in [5, 5.41) is 1.53. The molecule has 0 saturated carbocycles. The van der Waals surface area contributed by atoms with E-state index in [0.717, 1.165) is 6.92 Å². The van der Waals surface area contributed by atoms with E-state index in [0.29, 0.717) is 12.8 Å². The molecular formula is C10H16F3NO3. The molecule has 0 heterocycles. The molecule has 0 spiro atoms. The van der Waals surface area contributed by atoms with E-state index in [9.17, 15) is 22.8 Å². The molecule has 0 aromatic rings. The highest BCUT2D eigenvalue weighted by atomic mass is 19.4. The predicted molar refractivity (Wildman–Crippen MR) is 54.1 cm³/mol. The first kappa shape index (κ1) is 15.7. The third-order valence-corrected chi connectivity index (χ3v) is 2.15. The van der Waals surface area contributed by atoms with Crippen molar-refractivity contribution in [3.63, 3.8) is 0 Å². The number of esters is 1. The summed E-state index contributed by atoms with van der Waals surface area (Å²) in [6, 6.07) is -1.32. The third-order valence-electron chi connectivity index (χ3n) is 2.15. The molecule has 0 fully saturated rings. The van der Waals surface area contributed by atoms with Gasteiger partial charge in [-0.05, 0) is 19.8 Å². The molecule has 100 valence electrons. The number of carbonyl (C=O) groups is 2. The van der Waals surface area contributed by atoms with Gasteiger partial charge in [0.25, 0.3) is 0 Å². The van der Waals surface area contributed by atoms with Crippen LogP contribution in [0.4, 0.5) is 13.2 Å². The van der Waals surface area contributed by atoms with Crippen molar-refractivity contribution < 1.29 is 27.5 Å². The second-order valence-electron chi connectivity index (χ2n) is 3.57. The van der Waals surface area contributed by atoms with Gasteiger partial charge in [0.2, 0.25) is 0 Å². The summed E-state index contributed by atoms with van der Waals surface area (Å²) in [7, 11) is 0. The van der Waals surface area contributed by atoms with E-state index in [1.165, 1.54) is 5.32 Å². The van der Waals surface area contributed by atoms with E-state index in [2.05, 4.69) is 0 Å². The van der Waals surface area contributed by atoms with Crippen molar-refractivity contribution in [3.05, 3.63) is 0 Å². The van der Waals surface area contributed by atoms with Crippen LogP contribution in [0.15, 0.2) is 0 Å². The Kier molecular flexibility index (Phi) is 5.98. The number of ether oxygens (including phenoxy) is 1. The Morgan fingerprint density at radius 1 is 1.24 bits per heavy atom. The van der Waals surface area contributed by atoms with Crippen molar-refractivity contribution in [1.29, 1.82) is 0 Å². The van der Waals surface area contributed by atoms with E-state index in [-0.39, 0.29) is 6.10 Å². The molecule has 0 bridgehead atoms. The van der Waals surface area contributed by atoms with E-state index in [1.807, 2.05) is 0 Å². The maximum Gasteiger partial charge on any atom is 0.471 e. The normalized spacial score (nSPS) is 13.4. The van der Waals surface area contributed by atoms with Gasteiger partial charge < -0.3 is 10.1 Å². The first-order valence-electron chi connectivity index (χ1n) is 5.30. The molecule has 0 radical (unpaired) electrons. The number of hydrogen-bond acceptors (Lipinski definition) is 3. The Morgan fingerprint density at radius 2 is 1.71 bits per heavy atom. The van der Waals surface area contributed by atoms with Gasteiger partial charge in [-0.25, -0.2) is 4.79 Å². The average molecular weight is 255 g/mol. The lowest BCUT2D eigenvalue weighted by Gasteiger charge is -2.18. The van der Waals surface area contributed by atoms with Crippen LogP contribution in [0.5, 0.6) is 0 Å². The molecule has 4 nitrogen and oxygen atoms in total. The number of amides is 1. The fourth-order valence-electron chi connectivity index (χ4n) is 1.06. The summed E-state index contributed by atoms with van der Waals surface area (Å²) in [5.41, 5.74) is 0. The molecule has 0 unspecified atom stereocenters. The quantitative estimate of drug-likeness (QED) is 0.762. The van der Waals surface area contributed by atoms with Crippen LogP contribution in [-0.2, 0) is 14.3 Å². The summed E-state index contributed by atoms with van der Waals surface area (Å²) in [6.45, 7) is 4.73. The third kappa shape index (κ3) is 5.55. The van der Waals surface area contributed by atoms with Gasteiger partial charge in [-0.1, -0.05) is 13.8 Å². The van der Waals surface area contributed by atoms with Crippen LogP contribution in [0.1, 0.15) is 33.6 Å². The van der Waals surface area contributed by atoms with Crippen LogP contribution in [-0.4, -0.2) is 30.2 Å². The monoisotopic (exact) mass is 255 g/mol. The van der Waals surface area contributed by atoms with Gasteiger partial charge >= 0.3 is 18.1 Å². The highest BCUT2D eigenvalue weighted by Crippen LogP contribution is 2.14. The van der Waals surface area contributed by atoms with Gasteiger partial charge in [-0.2, -0.15) is 13.2 Å². The molecule has 0 aromatic heterocycles. The molecule has 1 amide bonds. The minimum atomic E-state index is -5.00. The Labute approximate surface area is 97.5 Å². The van der Waals surface area contributed by atoms with Crippen LogP contribution in [0.25, 0.3) is 0 Å². The first-order valence-corrected chi connectivity index (χ1v) is 5.30. The zero-order valence-electron chi connectivity index (χ0n) is 9.93. The van der Waals surface area contributed by atoms with E-state index >= 15 is 0 Å². The molecule has 1 atom stereocenters. The van der Waals surface area contributed by atoms with Gasteiger partial charge in [0.05, 0.1) is 0 Å². The SMILES string of the molecule is CCC(CC)OC(=O)[C@H](C)NC(=O)C(F)(F)F. The van der Waals surface area contributed by atoms with Crippen LogP contribution in [0, 0.1) is 0 Å². The minimum Gasteiger partial charge on any atom is -0.461 e. The number of rotatable bonds is 5. The molecule has 1 N–H and O–H groups in total. The topological polar surface area (TPSA) is 55.4 Å². The molecular weight excluding hydrogens is 239 g/mol. The molecule has 17 heavy (non-hydrogen) atoms. The summed E-state index contributed by atoms with van der Waals surface area (Å²) in [5.74, 6) is -3.01. The molecule has 0 rings (SSSR count). The Bertz CT molecular complexity index is 274. The summed E-state index contributed by atoms with van der Waals surface area (Å²) in [4.78, 5) is 21.9. The lowest BCUT2D eigenvalue weighted by atomic mass is 10.2. The van der Waals surface area contributed by atoms with Crippen LogP contribution < -0.4 is 5.32 Å². The van der Waals surface area contributed by atoms with Crippen molar-refractivity contribution in [2.45, 2.75) is 51.9 Å². The van der Waals surface area contributed by atoms with E-state index in [4.69, 9.17) is 4.74 Å². The number of hydrogen-bond donors (Lipinski definition) is 1. The second kappa shape index (κ2) is 6.46. The maximum absolute atomic E-state index is 11.9. The zero-order valence-corrected chi connectivity index (χ0v) is 9.93. The average Bonchev–Trinajstić information content (AvgIpc) is 2.23. The molecule has 0 aliphatic rings. The zero-order chi connectivity index (χ0) is 13.6. The summed E-state index contributed by atoms with van der Waals surface area (Å²) in [6.07, 6.45) is -4.19. The molecule has 0 aromatic carbocycles. The van der Waals surface area contributed by atoms with Crippen molar-refractivity contribution in [2.75, 3.05) is 0 Å². The van der Waals surface area contributed by atoms with Gasteiger partial charge in [0.15, 0.2) is 0 Å². The molecule has 0 aliphatic carbocycles. The van der Waals surface area contributed by atoms with Crippen molar-refractivity contribution in [2.24, 2.45) is 0 Å². The van der Waals surface area contributed by atoms with Crippen LogP contribution in [0.3, 0.4) is 0 Å². The minimum absolute atomic E-state index is 0.340. The molecule has 0 saturated heterocycles. The summed E-state index contributed by atoms with van der Waals surface area (Å²) >= 11 is 0. The highest BCUT2D eigenvalue weighted by Gasteiger charge is 2.40. The van der Waals surface area contributed by atoms with Gasteiger partial charge in [0, 0.05) is 0 Å². The highest BCUT2D eigenvalue weighted by molar-refractivity contribution is 5.87. The lowest BCUT2D eigenvalue weighted by molar-refractivity contribution is -0.176. The Balaban J connectivity index is 4.28. The van der Waals surface area contributed by atoms with E-state index < -0.39 is 24.1 Å². The van der Waals surface area contributed by atoms with Gasteiger partial charge in [-0.15, -0.1) is 0 Å². The fraction of sp³-hybridized carbons (Fsp3) is 0.800. The fourth-order valence-corrected chi connectivity index (χ4v) is 1.06. The molecule has 0 aliphatic heterocycles. The largest absolute Gasteiger partial charge is 0.471 e. The van der Waals surface area contributed by atoms with Crippen LogP contribution in [0.2, 0.25) is 0 Å². The summed E-state index contributed by atoms with van der Waals surface area (Å²) < 4.78 is 40.6. The van der Waals surface area contributed by atoms with Crippen molar-refractivity contribution in [1.82, 2.24) is 5.32 Å². The van der Waals surface area contributed by atoms with Crippen LogP contribution >= 0.6 is 0 Å². The predicted octanol–water partition coefficient (Wildman–Crippen LogP) is 1.79. The lowest BCUT2D eigenvalue weighted by Crippen LogP contribution is -2.46. The second-order valence-corrected chi connectivity index (χ2v) is 3.57. The smallest absolute Gasteiger partial charge is 0.461 e. The standard InChI is InChI=1S/C10H16F3NO3/c1-4-7(5-2)17-8(15)6(3)14-9(16)10(11,12)13/h6-7H,4-5H2,1-3H3,(H,14,16)/t6-/m0/s1. The molecule has 7 heteroatoms. The van der Waals surface area contributed by atoms with Gasteiger partial charge in [-0.3, -0.25) is 4.79 Å². The Morgan fingerprint density at radius 3 is 2.06 bits per heavy atom. The number of nitrogens with one attached hydrogen (secondary N) is 1. The van der Waals surface area contributed by atoms with Crippen molar-refractivity contribution in [3.8, 4) is 0 Å². The van der Waals surface area contributed by atoms with Crippen molar-refractivity contribution >= 4 is 11.9 Å². The van der Waals surface area contributed by atoms with Gasteiger partial charge in [0.1, 0.15) is 12.1 Å².